The fourth-order valence-corrected chi connectivity index (χ4v) is 1.02. The van der Waals surface area contributed by atoms with Crippen LogP contribution >= 0.6 is 0 Å². The highest BCUT2D eigenvalue weighted by Crippen LogP contribution is 2.07. The number of carbonyl (C=O) groups is 1. The van der Waals surface area contributed by atoms with E-state index in [9.17, 15) is 9.59 Å². The van der Waals surface area contributed by atoms with Crippen LogP contribution in [0.2, 0.25) is 0 Å². The molecule has 0 bridgehead atoms. The molecule has 0 radical (unpaired) electrons. The number of hydrogen-bond donors (Lipinski definition) is 2. The maximum absolute atomic E-state index is 11.4. The molecule has 0 atom stereocenters. The summed E-state index contributed by atoms with van der Waals surface area (Å²) in [4.78, 5) is 25.0. The Balaban J connectivity index is 2.77. The SMILES string of the molecule is C[n+]1ccc(=O)[nH]c1NC(=O)OC(C)(C)C. The van der Waals surface area contributed by atoms with Gasteiger partial charge in [0.25, 0.3) is 0 Å². The standard InChI is InChI=1S/C10H15N3O3/c1-10(2,3)16-9(15)12-8-11-7(14)5-6-13(8)4/h5-6H,1-4H3,(H,11,12,14,15)/p+1. The predicted octanol–water partition coefficient (Wildman–Crippen LogP) is 0.546. The van der Waals surface area contributed by atoms with Crippen LogP contribution in [0.15, 0.2) is 17.1 Å². The van der Waals surface area contributed by atoms with Crippen molar-refractivity contribution in [1.82, 2.24) is 4.98 Å². The number of H-pyrrole nitrogens is 1. The van der Waals surface area contributed by atoms with E-state index in [0.717, 1.165) is 0 Å². The second kappa shape index (κ2) is 4.34. The molecule has 6 nitrogen and oxygen atoms in total. The normalized spacial score (nSPS) is 11.0. The summed E-state index contributed by atoms with van der Waals surface area (Å²) in [6.07, 6.45) is 0.941. The molecule has 0 aliphatic rings. The minimum atomic E-state index is -0.607. The molecule has 6 heteroatoms. The molecular weight excluding hydrogens is 210 g/mol. The van der Waals surface area contributed by atoms with E-state index in [1.165, 1.54) is 6.07 Å². The third kappa shape index (κ3) is 3.72. The molecule has 0 aliphatic carbocycles. The first-order valence-electron chi connectivity index (χ1n) is 4.87. The number of amides is 1. The van der Waals surface area contributed by atoms with E-state index in [4.69, 9.17) is 4.74 Å². The summed E-state index contributed by atoms with van der Waals surface area (Å²) in [5.41, 5.74) is -0.860. The van der Waals surface area contributed by atoms with Gasteiger partial charge in [0.1, 0.15) is 5.60 Å². The number of nitrogens with one attached hydrogen (secondary N) is 2. The monoisotopic (exact) mass is 226 g/mol. The lowest BCUT2D eigenvalue weighted by molar-refractivity contribution is -0.659. The quantitative estimate of drug-likeness (QED) is 0.686. The van der Waals surface area contributed by atoms with E-state index < -0.39 is 11.7 Å². The minimum absolute atomic E-state index is 0.279. The van der Waals surface area contributed by atoms with E-state index in [0.29, 0.717) is 0 Å². The van der Waals surface area contributed by atoms with E-state index in [-0.39, 0.29) is 11.5 Å². The zero-order valence-electron chi connectivity index (χ0n) is 9.83. The summed E-state index contributed by atoms with van der Waals surface area (Å²) < 4.78 is 6.63. The Bertz CT molecular complexity index is 445. The first kappa shape index (κ1) is 12.2. The van der Waals surface area contributed by atoms with Crippen LogP contribution in [0.5, 0.6) is 0 Å². The van der Waals surface area contributed by atoms with Gasteiger partial charge >= 0.3 is 17.6 Å². The smallest absolute Gasteiger partial charge is 0.432 e. The summed E-state index contributed by atoms with van der Waals surface area (Å²) in [5, 5.41) is 2.45. The molecule has 0 saturated heterocycles. The van der Waals surface area contributed by atoms with Gasteiger partial charge in [-0.3, -0.25) is 4.79 Å². The minimum Gasteiger partial charge on any atom is -0.432 e. The van der Waals surface area contributed by atoms with Crippen molar-refractivity contribution >= 4 is 12.0 Å². The maximum Gasteiger partial charge on any atom is 0.476 e. The van der Waals surface area contributed by atoms with Crippen LogP contribution in [0.1, 0.15) is 20.8 Å². The van der Waals surface area contributed by atoms with Crippen molar-refractivity contribution in [2.75, 3.05) is 5.32 Å². The van der Waals surface area contributed by atoms with Gasteiger partial charge in [0.15, 0.2) is 0 Å². The molecule has 0 aliphatic heterocycles. The molecule has 1 aromatic rings. The number of aryl methyl sites for hydroxylation is 1. The number of hydrogen-bond acceptors (Lipinski definition) is 3. The Labute approximate surface area is 93.3 Å². The zero-order chi connectivity index (χ0) is 12.3. The third-order valence-electron chi connectivity index (χ3n) is 1.66. The predicted molar refractivity (Wildman–Crippen MR) is 58.1 cm³/mol. The van der Waals surface area contributed by atoms with Crippen LogP contribution in [0, 0.1) is 0 Å². The summed E-state index contributed by atoms with van der Waals surface area (Å²) in [7, 11) is 1.70. The molecule has 1 heterocycles. The summed E-state index contributed by atoms with van der Waals surface area (Å²) >= 11 is 0. The maximum atomic E-state index is 11.4. The summed E-state index contributed by atoms with van der Waals surface area (Å²) in [5.74, 6) is 0.279. The first-order valence-corrected chi connectivity index (χ1v) is 4.87. The Morgan fingerprint density at radius 2 is 2.12 bits per heavy atom. The second-order valence-electron chi connectivity index (χ2n) is 4.39. The van der Waals surface area contributed by atoms with Gasteiger partial charge in [0, 0.05) is 0 Å². The van der Waals surface area contributed by atoms with Crippen molar-refractivity contribution < 1.29 is 14.1 Å². The topological polar surface area (TPSA) is 75.1 Å². The zero-order valence-corrected chi connectivity index (χ0v) is 9.83. The van der Waals surface area contributed by atoms with Crippen LogP contribution in [-0.2, 0) is 11.8 Å². The van der Waals surface area contributed by atoms with Crippen LogP contribution in [-0.4, -0.2) is 16.7 Å². The number of nitrogens with zero attached hydrogens (tertiary/aromatic N) is 1. The fourth-order valence-electron chi connectivity index (χ4n) is 1.02. The average molecular weight is 226 g/mol. The third-order valence-corrected chi connectivity index (χ3v) is 1.66. The molecule has 0 aromatic carbocycles. The first-order chi connectivity index (χ1) is 7.28. The highest BCUT2D eigenvalue weighted by molar-refractivity contribution is 5.81. The van der Waals surface area contributed by atoms with E-state index in [2.05, 4.69) is 10.3 Å². The lowest BCUT2D eigenvalue weighted by Gasteiger charge is -2.17. The Kier molecular flexibility index (Phi) is 3.31. The fraction of sp³-hybridized carbons (Fsp3) is 0.500. The number of aromatic nitrogens is 2. The van der Waals surface area contributed by atoms with Gasteiger partial charge in [0.2, 0.25) is 0 Å². The molecule has 88 valence electrons. The van der Waals surface area contributed by atoms with Crippen molar-refractivity contribution in [2.24, 2.45) is 7.05 Å². The number of rotatable bonds is 1. The van der Waals surface area contributed by atoms with E-state index in [1.54, 1.807) is 38.6 Å². The molecule has 0 fully saturated rings. The molecule has 1 aromatic heterocycles. The van der Waals surface area contributed by atoms with Gasteiger partial charge in [0.05, 0.1) is 19.3 Å². The van der Waals surface area contributed by atoms with Crippen molar-refractivity contribution in [3.05, 3.63) is 22.6 Å². The van der Waals surface area contributed by atoms with Crippen molar-refractivity contribution in [3.8, 4) is 0 Å². The highest BCUT2D eigenvalue weighted by Gasteiger charge is 2.20. The van der Waals surface area contributed by atoms with Crippen LogP contribution in [0.25, 0.3) is 0 Å². The van der Waals surface area contributed by atoms with E-state index in [1.807, 2.05) is 0 Å². The number of carbonyl (C=O) groups excluding carboxylic acids is 1. The number of anilines is 1. The van der Waals surface area contributed by atoms with Gasteiger partial charge in [-0.25, -0.2) is 14.3 Å². The summed E-state index contributed by atoms with van der Waals surface area (Å²) in [6, 6.07) is 1.36. The number of aromatic amines is 1. The molecule has 2 N–H and O–H groups in total. The average Bonchev–Trinajstić information content (AvgIpc) is 2.08. The Morgan fingerprint density at radius 1 is 1.50 bits per heavy atom. The van der Waals surface area contributed by atoms with Crippen LogP contribution in [0.3, 0.4) is 0 Å². The molecule has 1 rings (SSSR count). The van der Waals surface area contributed by atoms with E-state index >= 15 is 0 Å². The van der Waals surface area contributed by atoms with Gasteiger partial charge < -0.3 is 4.74 Å². The van der Waals surface area contributed by atoms with Crippen molar-refractivity contribution in [3.63, 3.8) is 0 Å². The lowest BCUT2D eigenvalue weighted by Crippen LogP contribution is -2.39. The molecule has 16 heavy (non-hydrogen) atoms. The molecule has 0 saturated carbocycles. The Morgan fingerprint density at radius 3 is 2.69 bits per heavy atom. The molecule has 0 spiro atoms. The van der Waals surface area contributed by atoms with Crippen molar-refractivity contribution in [1.29, 1.82) is 0 Å². The van der Waals surface area contributed by atoms with Crippen LogP contribution in [0.4, 0.5) is 10.7 Å². The summed E-state index contributed by atoms with van der Waals surface area (Å²) in [6.45, 7) is 5.29. The lowest BCUT2D eigenvalue weighted by atomic mass is 10.2. The molecule has 0 unspecified atom stereocenters. The van der Waals surface area contributed by atoms with Gasteiger partial charge in [-0.05, 0) is 20.8 Å². The largest absolute Gasteiger partial charge is 0.476 e. The van der Waals surface area contributed by atoms with Gasteiger partial charge in [-0.15, -0.1) is 0 Å². The van der Waals surface area contributed by atoms with Gasteiger partial charge in [-0.1, -0.05) is 0 Å². The number of ether oxygens (including phenoxy) is 1. The van der Waals surface area contributed by atoms with Crippen LogP contribution < -0.4 is 15.4 Å². The highest BCUT2D eigenvalue weighted by atomic mass is 16.6. The Hall–Kier alpha value is -1.85. The molecule has 1 amide bonds. The van der Waals surface area contributed by atoms with Gasteiger partial charge in [-0.2, -0.15) is 5.32 Å². The van der Waals surface area contributed by atoms with Crippen molar-refractivity contribution in [2.45, 2.75) is 26.4 Å². The second-order valence-corrected chi connectivity index (χ2v) is 4.39. The molecular formula is C10H16N3O3+.